The number of ether oxygens (including phenoxy) is 2. The highest BCUT2D eigenvalue weighted by molar-refractivity contribution is 5.98. The van der Waals surface area contributed by atoms with Crippen molar-refractivity contribution < 1.29 is 9.47 Å². The number of benzene rings is 10. The zero-order chi connectivity index (χ0) is 42.2. The Bertz CT molecular complexity index is 3330. The summed E-state index contributed by atoms with van der Waals surface area (Å²) in [5, 5.41) is 0. The predicted molar refractivity (Wildman–Crippen MR) is 260 cm³/mol. The maximum absolute atomic E-state index is 7.60. The quantitative estimate of drug-likeness (QED) is 0.167. The van der Waals surface area contributed by atoms with Crippen LogP contribution < -0.4 is 14.4 Å². The summed E-state index contributed by atoms with van der Waals surface area (Å²) in [5.41, 5.74) is 18.7. The molecule has 64 heavy (non-hydrogen) atoms. The number of para-hydroxylation sites is 1. The SMILES string of the molecule is c1ccc(-c2cccc(N(c3cc(-c4ccccc4)cc(-c4ccccc4)c3)c3cccc4c3Oc3c(ccc5c3C3(c6ccccc6-c6ccccc63)c3ccccc3-5)O4)c2)cc1. The molecule has 3 aliphatic rings. The van der Waals surface area contributed by atoms with E-state index in [0.717, 1.165) is 67.3 Å². The average molecular weight is 818 g/mol. The lowest BCUT2D eigenvalue weighted by Gasteiger charge is -2.35. The van der Waals surface area contributed by atoms with Crippen LogP contribution in [0.4, 0.5) is 17.1 Å². The fourth-order valence-corrected chi connectivity index (χ4v) is 10.6. The van der Waals surface area contributed by atoms with E-state index in [4.69, 9.17) is 9.47 Å². The van der Waals surface area contributed by atoms with Gasteiger partial charge < -0.3 is 14.4 Å². The summed E-state index contributed by atoms with van der Waals surface area (Å²) in [6, 6.07) is 84.7. The maximum atomic E-state index is 7.60. The van der Waals surface area contributed by atoms with Crippen LogP contribution in [-0.2, 0) is 5.41 Å². The molecule has 10 aromatic rings. The van der Waals surface area contributed by atoms with Gasteiger partial charge in [-0.3, -0.25) is 0 Å². The Balaban J connectivity index is 1.06. The van der Waals surface area contributed by atoms with Crippen molar-refractivity contribution in [1.82, 2.24) is 0 Å². The molecule has 1 spiro atoms. The van der Waals surface area contributed by atoms with Crippen molar-refractivity contribution in [2.45, 2.75) is 5.41 Å². The zero-order valence-corrected chi connectivity index (χ0v) is 34.8. The van der Waals surface area contributed by atoms with Gasteiger partial charge >= 0.3 is 0 Å². The summed E-state index contributed by atoms with van der Waals surface area (Å²) in [7, 11) is 0. The molecule has 300 valence electrons. The van der Waals surface area contributed by atoms with Crippen molar-refractivity contribution in [2.24, 2.45) is 0 Å². The Kier molecular flexibility index (Phi) is 8.13. The number of nitrogens with zero attached hydrogens (tertiary/aromatic N) is 1. The standard InChI is InChI=1S/C61H39NO2/c1-4-18-40(19-5-1)43-24-16-25-46(37-43)62(47-38-44(41-20-6-2-7-21-41)36-45(39-47)42-22-8-3-9-23-42)55-32-17-33-56-59(55)64-60-57(63-56)35-34-51-50-28-12-15-31-54(50)61(58(51)60)52-29-13-10-26-48(52)49-27-11-14-30-53(49)61/h1-39H. The van der Waals surface area contributed by atoms with Gasteiger partial charge in [0.15, 0.2) is 23.0 Å². The normalized spacial score (nSPS) is 13.1. The zero-order valence-electron chi connectivity index (χ0n) is 34.8. The van der Waals surface area contributed by atoms with Crippen LogP contribution >= 0.6 is 0 Å². The van der Waals surface area contributed by atoms with Gasteiger partial charge in [-0.25, -0.2) is 0 Å². The predicted octanol–water partition coefficient (Wildman–Crippen LogP) is 16.4. The second-order valence-electron chi connectivity index (χ2n) is 16.8. The first kappa shape index (κ1) is 36.3. The number of fused-ring (bicyclic) bond motifs is 13. The van der Waals surface area contributed by atoms with Crippen molar-refractivity contribution in [1.29, 1.82) is 0 Å². The van der Waals surface area contributed by atoms with Crippen molar-refractivity contribution in [3.63, 3.8) is 0 Å². The highest BCUT2D eigenvalue weighted by Crippen LogP contribution is 2.67. The second-order valence-corrected chi connectivity index (χ2v) is 16.8. The molecule has 0 bridgehead atoms. The summed E-state index contributed by atoms with van der Waals surface area (Å²) in [6.45, 7) is 0. The van der Waals surface area contributed by atoms with Crippen LogP contribution in [0, 0.1) is 0 Å². The molecule has 0 radical (unpaired) electrons. The minimum absolute atomic E-state index is 0.613. The van der Waals surface area contributed by atoms with Gasteiger partial charge in [-0.2, -0.15) is 0 Å². The van der Waals surface area contributed by atoms with E-state index < -0.39 is 5.41 Å². The van der Waals surface area contributed by atoms with Crippen LogP contribution in [0.5, 0.6) is 23.0 Å². The minimum Gasteiger partial charge on any atom is -0.449 e. The van der Waals surface area contributed by atoms with E-state index in [1.165, 1.54) is 33.4 Å². The first-order valence-electron chi connectivity index (χ1n) is 21.9. The monoisotopic (exact) mass is 817 g/mol. The van der Waals surface area contributed by atoms with Crippen molar-refractivity contribution in [3.8, 4) is 78.6 Å². The van der Waals surface area contributed by atoms with Gasteiger partial charge in [0.1, 0.15) is 0 Å². The van der Waals surface area contributed by atoms with Crippen LogP contribution in [0.1, 0.15) is 22.3 Å². The molecule has 0 unspecified atom stereocenters. The number of hydrogen-bond donors (Lipinski definition) is 0. The lowest BCUT2D eigenvalue weighted by Crippen LogP contribution is -2.27. The molecule has 1 heterocycles. The first-order valence-corrected chi connectivity index (χ1v) is 21.9. The molecule has 0 saturated heterocycles. The van der Waals surface area contributed by atoms with Crippen LogP contribution in [0.2, 0.25) is 0 Å². The maximum Gasteiger partial charge on any atom is 0.194 e. The molecule has 10 aromatic carbocycles. The van der Waals surface area contributed by atoms with E-state index in [2.05, 4.69) is 235 Å². The molecule has 13 rings (SSSR count). The van der Waals surface area contributed by atoms with E-state index >= 15 is 0 Å². The Hall–Kier alpha value is -8.40. The van der Waals surface area contributed by atoms with Gasteiger partial charge in [0.05, 0.1) is 11.1 Å². The fraction of sp³-hybridized carbons (Fsp3) is 0.0164. The summed E-state index contributed by atoms with van der Waals surface area (Å²) < 4.78 is 14.7. The van der Waals surface area contributed by atoms with Gasteiger partial charge in [-0.1, -0.05) is 188 Å². The topological polar surface area (TPSA) is 21.7 Å². The van der Waals surface area contributed by atoms with Crippen molar-refractivity contribution in [3.05, 3.63) is 259 Å². The lowest BCUT2D eigenvalue weighted by molar-refractivity contribution is 0.355. The Morgan fingerprint density at radius 1 is 0.297 bits per heavy atom. The third-order valence-corrected chi connectivity index (χ3v) is 13.3. The summed E-state index contributed by atoms with van der Waals surface area (Å²) in [5.74, 6) is 2.76. The first-order chi connectivity index (χ1) is 31.7. The summed E-state index contributed by atoms with van der Waals surface area (Å²) in [6.07, 6.45) is 0. The van der Waals surface area contributed by atoms with E-state index in [1.807, 2.05) is 6.07 Å². The third kappa shape index (κ3) is 5.41. The van der Waals surface area contributed by atoms with Crippen molar-refractivity contribution in [2.75, 3.05) is 4.90 Å². The highest BCUT2D eigenvalue weighted by Gasteiger charge is 2.54. The summed E-state index contributed by atoms with van der Waals surface area (Å²) >= 11 is 0. The van der Waals surface area contributed by atoms with E-state index in [9.17, 15) is 0 Å². The molecular formula is C61H39NO2. The largest absolute Gasteiger partial charge is 0.449 e. The van der Waals surface area contributed by atoms with Crippen LogP contribution in [0.3, 0.4) is 0 Å². The molecule has 2 aliphatic carbocycles. The van der Waals surface area contributed by atoms with Crippen LogP contribution in [-0.4, -0.2) is 0 Å². The van der Waals surface area contributed by atoms with Gasteiger partial charge in [-0.05, 0) is 121 Å². The van der Waals surface area contributed by atoms with Crippen LogP contribution in [0.25, 0.3) is 55.6 Å². The molecule has 0 fully saturated rings. The highest BCUT2D eigenvalue weighted by atomic mass is 16.6. The lowest BCUT2D eigenvalue weighted by atomic mass is 9.70. The fourth-order valence-electron chi connectivity index (χ4n) is 10.6. The Morgan fingerprint density at radius 3 is 1.36 bits per heavy atom. The van der Waals surface area contributed by atoms with Gasteiger partial charge in [-0.15, -0.1) is 0 Å². The minimum atomic E-state index is -0.613. The smallest absolute Gasteiger partial charge is 0.194 e. The molecule has 3 heteroatoms. The molecule has 1 aliphatic heterocycles. The van der Waals surface area contributed by atoms with Crippen molar-refractivity contribution >= 4 is 17.1 Å². The van der Waals surface area contributed by atoms with E-state index in [-0.39, 0.29) is 0 Å². The number of hydrogen-bond acceptors (Lipinski definition) is 3. The Labute approximate surface area is 372 Å². The average Bonchev–Trinajstić information content (AvgIpc) is 3.84. The molecule has 0 atom stereocenters. The third-order valence-electron chi connectivity index (χ3n) is 13.3. The molecule has 0 aromatic heterocycles. The van der Waals surface area contributed by atoms with E-state index in [0.29, 0.717) is 17.2 Å². The van der Waals surface area contributed by atoms with Crippen LogP contribution in [0.15, 0.2) is 237 Å². The van der Waals surface area contributed by atoms with E-state index in [1.54, 1.807) is 0 Å². The van der Waals surface area contributed by atoms with Gasteiger partial charge in [0.25, 0.3) is 0 Å². The van der Waals surface area contributed by atoms with Gasteiger partial charge in [0, 0.05) is 16.9 Å². The molecule has 0 N–H and O–H groups in total. The second kappa shape index (κ2) is 14.3. The molecule has 3 nitrogen and oxygen atoms in total. The Morgan fingerprint density at radius 2 is 0.766 bits per heavy atom. The molecule has 0 amide bonds. The van der Waals surface area contributed by atoms with Gasteiger partial charge in [0.2, 0.25) is 0 Å². The molecule has 0 saturated carbocycles. The summed E-state index contributed by atoms with van der Waals surface area (Å²) in [4.78, 5) is 2.34. The number of rotatable bonds is 6. The molecular weight excluding hydrogens is 779 g/mol. The number of anilines is 3.